The average molecular weight is 301 g/mol. The zero-order valence-electron chi connectivity index (χ0n) is 13.9. The van der Waals surface area contributed by atoms with Crippen molar-refractivity contribution in [3.8, 4) is 0 Å². The van der Waals surface area contributed by atoms with Crippen LogP contribution in [0.15, 0.2) is 24.3 Å². The van der Waals surface area contributed by atoms with Crippen LogP contribution in [0.25, 0.3) is 0 Å². The molecular weight excluding hydrogens is 274 g/mol. The predicted octanol–water partition coefficient (Wildman–Crippen LogP) is 3.30. The molecule has 1 aliphatic heterocycles. The summed E-state index contributed by atoms with van der Waals surface area (Å²) in [4.78, 5) is 16.8. The molecule has 4 heteroatoms. The lowest BCUT2D eigenvalue weighted by Crippen LogP contribution is -2.50. The Morgan fingerprint density at radius 1 is 1.05 bits per heavy atom. The van der Waals surface area contributed by atoms with Gasteiger partial charge in [-0.1, -0.05) is 32.9 Å². The first kappa shape index (κ1) is 15.3. The van der Waals surface area contributed by atoms with Gasteiger partial charge in [-0.3, -0.25) is 4.90 Å². The summed E-state index contributed by atoms with van der Waals surface area (Å²) in [5, 5.41) is 3.02. The van der Waals surface area contributed by atoms with E-state index in [1.807, 2.05) is 17.0 Å². The van der Waals surface area contributed by atoms with Crippen molar-refractivity contribution in [2.45, 2.75) is 45.1 Å². The van der Waals surface area contributed by atoms with Crippen LogP contribution in [-0.2, 0) is 5.41 Å². The van der Waals surface area contributed by atoms with Gasteiger partial charge in [0.05, 0.1) is 0 Å². The number of carbonyl (C=O) groups excluding carboxylic acids is 1. The van der Waals surface area contributed by atoms with Crippen LogP contribution in [0.1, 0.15) is 39.2 Å². The molecule has 22 heavy (non-hydrogen) atoms. The van der Waals surface area contributed by atoms with Gasteiger partial charge >= 0.3 is 6.03 Å². The highest BCUT2D eigenvalue weighted by Crippen LogP contribution is 2.27. The third-order valence-electron chi connectivity index (χ3n) is 4.67. The fourth-order valence-electron chi connectivity index (χ4n) is 2.99. The molecule has 0 aromatic heterocycles. The monoisotopic (exact) mass is 301 g/mol. The smallest absolute Gasteiger partial charge is 0.321 e. The third-order valence-corrected chi connectivity index (χ3v) is 4.67. The molecule has 2 aliphatic rings. The van der Waals surface area contributed by atoms with Crippen molar-refractivity contribution in [3.05, 3.63) is 29.8 Å². The first-order chi connectivity index (χ1) is 10.4. The zero-order chi connectivity index (χ0) is 15.7. The van der Waals surface area contributed by atoms with E-state index in [0.29, 0.717) is 0 Å². The number of amides is 2. The Bertz CT molecular complexity index is 520. The Labute approximate surface area is 133 Å². The number of nitrogens with one attached hydrogen (secondary N) is 1. The molecular formula is C18H27N3O. The second kappa shape index (κ2) is 5.92. The van der Waals surface area contributed by atoms with Crippen LogP contribution in [0.3, 0.4) is 0 Å². The van der Waals surface area contributed by atoms with Gasteiger partial charge in [0.25, 0.3) is 0 Å². The third kappa shape index (κ3) is 3.61. The maximum Gasteiger partial charge on any atom is 0.321 e. The van der Waals surface area contributed by atoms with Crippen LogP contribution >= 0.6 is 0 Å². The number of urea groups is 1. The van der Waals surface area contributed by atoms with Gasteiger partial charge in [0, 0.05) is 37.9 Å². The summed E-state index contributed by atoms with van der Waals surface area (Å²) in [6.45, 7) is 10.3. The number of rotatable bonds is 2. The maximum atomic E-state index is 12.3. The quantitative estimate of drug-likeness (QED) is 0.910. The van der Waals surface area contributed by atoms with E-state index >= 15 is 0 Å². The minimum Gasteiger partial charge on any atom is -0.322 e. The molecule has 2 fully saturated rings. The van der Waals surface area contributed by atoms with E-state index in [2.05, 4.69) is 43.1 Å². The van der Waals surface area contributed by atoms with Gasteiger partial charge in [0.2, 0.25) is 0 Å². The molecule has 1 saturated carbocycles. The van der Waals surface area contributed by atoms with E-state index in [4.69, 9.17) is 0 Å². The molecule has 1 aromatic rings. The molecule has 2 amide bonds. The summed E-state index contributed by atoms with van der Waals surface area (Å²) in [7, 11) is 0. The van der Waals surface area contributed by atoms with Crippen LogP contribution in [0.2, 0.25) is 0 Å². The van der Waals surface area contributed by atoms with E-state index in [1.165, 1.54) is 18.4 Å². The SMILES string of the molecule is CC(C)(C)c1ccc(NC(=O)N2CCN(C3CC3)CC2)cc1. The Morgan fingerprint density at radius 3 is 2.14 bits per heavy atom. The number of piperazine rings is 1. The van der Waals surface area contributed by atoms with Crippen molar-refractivity contribution >= 4 is 11.7 Å². The number of carbonyl (C=O) groups is 1. The fraction of sp³-hybridized carbons (Fsp3) is 0.611. The van der Waals surface area contributed by atoms with E-state index in [0.717, 1.165) is 37.9 Å². The van der Waals surface area contributed by atoms with Crippen molar-refractivity contribution in [3.63, 3.8) is 0 Å². The van der Waals surface area contributed by atoms with E-state index in [9.17, 15) is 4.79 Å². The van der Waals surface area contributed by atoms with Gasteiger partial charge in [-0.2, -0.15) is 0 Å². The summed E-state index contributed by atoms with van der Waals surface area (Å²) < 4.78 is 0. The number of anilines is 1. The Morgan fingerprint density at radius 2 is 1.64 bits per heavy atom. The fourth-order valence-corrected chi connectivity index (χ4v) is 2.99. The molecule has 1 saturated heterocycles. The molecule has 120 valence electrons. The van der Waals surface area contributed by atoms with Crippen LogP contribution in [0.5, 0.6) is 0 Å². The molecule has 1 N–H and O–H groups in total. The summed E-state index contributed by atoms with van der Waals surface area (Å²) >= 11 is 0. The molecule has 1 aliphatic carbocycles. The molecule has 0 bridgehead atoms. The van der Waals surface area contributed by atoms with Gasteiger partial charge in [-0.25, -0.2) is 4.79 Å². The van der Waals surface area contributed by atoms with E-state index in [-0.39, 0.29) is 11.4 Å². The van der Waals surface area contributed by atoms with Crippen molar-refractivity contribution in [1.82, 2.24) is 9.80 Å². The minimum absolute atomic E-state index is 0.0268. The summed E-state index contributed by atoms with van der Waals surface area (Å²) in [6.07, 6.45) is 2.68. The molecule has 0 spiro atoms. The largest absolute Gasteiger partial charge is 0.322 e. The zero-order valence-corrected chi connectivity index (χ0v) is 13.9. The Balaban J connectivity index is 1.53. The van der Waals surface area contributed by atoms with Crippen LogP contribution in [-0.4, -0.2) is 48.1 Å². The van der Waals surface area contributed by atoms with Crippen molar-refractivity contribution in [2.24, 2.45) is 0 Å². The normalized spacial score (nSPS) is 20.0. The second-order valence-electron chi connectivity index (χ2n) is 7.51. The number of hydrogen-bond donors (Lipinski definition) is 1. The van der Waals surface area contributed by atoms with E-state index < -0.39 is 0 Å². The lowest BCUT2D eigenvalue weighted by Gasteiger charge is -2.34. The first-order valence-corrected chi connectivity index (χ1v) is 8.34. The summed E-state index contributed by atoms with van der Waals surface area (Å²) in [6, 6.07) is 9.02. The summed E-state index contributed by atoms with van der Waals surface area (Å²) in [5.41, 5.74) is 2.30. The summed E-state index contributed by atoms with van der Waals surface area (Å²) in [5.74, 6) is 0. The Hall–Kier alpha value is -1.55. The van der Waals surface area contributed by atoms with Gasteiger partial charge < -0.3 is 10.2 Å². The predicted molar refractivity (Wildman–Crippen MR) is 90.3 cm³/mol. The van der Waals surface area contributed by atoms with E-state index in [1.54, 1.807) is 0 Å². The lowest BCUT2D eigenvalue weighted by atomic mass is 9.87. The van der Waals surface area contributed by atoms with Gasteiger partial charge in [-0.05, 0) is 36.0 Å². The highest BCUT2D eigenvalue weighted by molar-refractivity contribution is 5.89. The van der Waals surface area contributed by atoms with Gasteiger partial charge in [0.15, 0.2) is 0 Å². The van der Waals surface area contributed by atoms with Gasteiger partial charge in [0.1, 0.15) is 0 Å². The molecule has 0 radical (unpaired) electrons. The first-order valence-electron chi connectivity index (χ1n) is 8.34. The highest BCUT2D eigenvalue weighted by atomic mass is 16.2. The molecule has 0 atom stereocenters. The van der Waals surface area contributed by atoms with Crippen molar-refractivity contribution < 1.29 is 4.79 Å². The van der Waals surface area contributed by atoms with Gasteiger partial charge in [-0.15, -0.1) is 0 Å². The number of hydrogen-bond acceptors (Lipinski definition) is 2. The van der Waals surface area contributed by atoms with Crippen molar-refractivity contribution in [1.29, 1.82) is 0 Å². The molecule has 1 aromatic carbocycles. The average Bonchev–Trinajstić information content (AvgIpc) is 3.32. The van der Waals surface area contributed by atoms with Crippen molar-refractivity contribution in [2.75, 3.05) is 31.5 Å². The maximum absolute atomic E-state index is 12.3. The van der Waals surface area contributed by atoms with Crippen LogP contribution in [0.4, 0.5) is 10.5 Å². The molecule has 0 unspecified atom stereocenters. The second-order valence-corrected chi connectivity index (χ2v) is 7.51. The molecule has 1 heterocycles. The van der Waals surface area contributed by atoms with Crippen LogP contribution in [0, 0.1) is 0 Å². The highest BCUT2D eigenvalue weighted by Gasteiger charge is 2.32. The number of benzene rings is 1. The topological polar surface area (TPSA) is 35.6 Å². The molecule has 4 nitrogen and oxygen atoms in total. The van der Waals surface area contributed by atoms with Crippen LogP contribution < -0.4 is 5.32 Å². The lowest BCUT2D eigenvalue weighted by molar-refractivity contribution is 0.142. The number of nitrogens with zero attached hydrogens (tertiary/aromatic N) is 2. The standard InChI is InChI=1S/C18H27N3O/c1-18(2,3)14-4-6-15(7-5-14)19-17(22)21-12-10-20(11-13-21)16-8-9-16/h4-7,16H,8-13H2,1-3H3,(H,19,22). The minimum atomic E-state index is 0.0268. The molecule has 3 rings (SSSR count). The Kier molecular flexibility index (Phi) is 4.13.